The first-order chi connectivity index (χ1) is 8.20. The average molecular weight is 230 g/mol. The quantitative estimate of drug-likeness (QED) is 0.878. The standard InChI is InChI=1S/C13H18N4/c1-4-5-12-8-13(15-9-14-12)16-17-10(2)6-7-11(17)3/h6-9H,4-5H2,1-3H3,(H,14,15,16). The highest BCUT2D eigenvalue weighted by atomic mass is 15.4. The van der Waals surface area contributed by atoms with Crippen molar-refractivity contribution in [2.75, 3.05) is 5.43 Å². The van der Waals surface area contributed by atoms with E-state index in [-0.39, 0.29) is 0 Å². The highest BCUT2D eigenvalue weighted by molar-refractivity contribution is 5.36. The van der Waals surface area contributed by atoms with E-state index < -0.39 is 0 Å². The highest BCUT2D eigenvalue weighted by Crippen LogP contribution is 2.10. The van der Waals surface area contributed by atoms with Crippen molar-refractivity contribution in [1.82, 2.24) is 14.6 Å². The molecule has 0 saturated heterocycles. The first kappa shape index (κ1) is 11.6. The van der Waals surface area contributed by atoms with Crippen molar-refractivity contribution in [2.45, 2.75) is 33.6 Å². The second-order valence-electron chi connectivity index (χ2n) is 4.21. The minimum Gasteiger partial charge on any atom is -0.278 e. The maximum Gasteiger partial charge on any atom is 0.148 e. The van der Waals surface area contributed by atoms with E-state index in [9.17, 15) is 0 Å². The molecule has 90 valence electrons. The molecule has 0 saturated carbocycles. The van der Waals surface area contributed by atoms with E-state index in [0.717, 1.165) is 35.7 Å². The number of hydrogen-bond acceptors (Lipinski definition) is 3. The fourth-order valence-electron chi connectivity index (χ4n) is 1.81. The Bertz CT molecular complexity index is 482. The van der Waals surface area contributed by atoms with Crippen LogP contribution >= 0.6 is 0 Å². The van der Waals surface area contributed by atoms with Gasteiger partial charge in [-0.3, -0.25) is 10.1 Å². The van der Waals surface area contributed by atoms with Gasteiger partial charge >= 0.3 is 0 Å². The zero-order valence-electron chi connectivity index (χ0n) is 10.6. The topological polar surface area (TPSA) is 42.7 Å². The summed E-state index contributed by atoms with van der Waals surface area (Å²) in [6.45, 7) is 6.28. The zero-order valence-corrected chi connectivity index (χ0v) is 10.6. The van der Waals surface area contributed by atoms with E-state index in [4.69, 9.17) is 0 Å². The van der Waals surface area contributed by atoms with E-state index >= 15 is 0 Å². The van der Waals surface area contributed by atoms with E-state index in [2.05, 4.69) is 48.3 Å². The fraction of sp³-hybridized carbons (Fsp3) is 0.385. The summed E-state index contributed by atoms with van der Waals surface area (Å²) in [4.78, 5) is 8.48. The molecule has 0 bridgehead atoms. The minimum absolute atomic E-state index is 0.839. The van der Waals surface area contributed by atoms with Crippen molar-refractivity contribution >= 4 is 5.82 Å². The lowest BCUT2D eigenvalue weighted by atomic mass is 10.2. The number of anilines is 1. The number of aryl methyl sites for hydroxylation is 3. The lowest BCUT2D eigenvalue weighted by Crippen LogP contribution is -2.13. The van der Waals surface area contributed by atoms with Gasteiger partial charge in [0.2, 0.25) is 0 Å². The summed E-state index contributed by atoms with van der Waals surface area (Å²) in [7, 11) is 0. The summed E-state index contributed by atoms with van der Waals surface area (Å²) in [6.07, 6.45) is 3.69. The monoisotopic (exact) mass is 230 g/mol. The fourth-order valence-corrected chi connectivity index (χ4v) is 1.81. The van der Waals surface area contributed by atoms with Crippen LogP contribution in [0.25, 0.3) is 0 Å². The van der Waals surface area contributed by atoms with Gasteiger partial charge < -0.3 is 0 Å². The Morgan fingerprint density at radius 2 is 1.88 bits per heavy atom. The normalized spacial score (nSPS) is 10.5. The van der Waals surface area contributed by atoms with Crippen molar-refractivity contribution < 1.29 is 0 Å². The third-order valence-electron chi connectivity index (χ3n) is 2.73. The molecule has 0 atom stereocenters. The van der Waals surface area contributed by atoms with Gasteiger partial charge in [0.1, 0.15) is 12.1 Å². The molecule has 0 aliphatic heterocycles. The Morgan fingerprint density at radius 3 is 2.53 bits per heavy atom. The van der Waals surface area contributed by atoms with Gasteiger partial charge in [-0.1, -0.05) is 13.3 Å². The van der Waals surface area contributed by atoms with E-state index in [1.807, 2.05) is 10.7 Å². The minimum atomic E-state index is 0.839. The molecule has 0 amide bonds. The third kappa shape index (κ3) is 2.64. The molecule has 1 N–H and O–H groups in total. The smallest absolute Gasteiger partial charge is 0.148 e. The number of rotatable bonds is 4. The van der Waals surface area contributed by atoms with E-state index in [1.165, 1.54) is 0 Å². The molecule has 0 aromatic carbocycles. The second kappa shape index (κ2) is 4.99. The summed E-state index contributed by atoms with van der Waals surface area (Å²) >= 11 is 0. The van der Waals surface area contributed by atoms with Crippen LogP contribution in [-0.2, 0) is 6.42 Å². The van der Waals surface area contributed by atoms with Crippen molar-refractivity contribution in [2.24, 2.45) is 0 Å². The van der Waals surface area contributed by atoms with Gasteiger partial charge in [0, 0.05) is 23.1 Å². The van der Waals surface area contributed by atoms with Crippen LogP contribution in [0.15, 0.2) is 24.5 Å². The third-order valence-corrected chi connectivity index (χ3v) is 2.73. The molecule has 0 fully saturated rings. The van der Waals surface area contributed by atoms with Gasteiger partial charge in [-0.2, -0.15) is 0 Å². The van der Waals surface area contributed by atoms with Crippen molar-refractivity contribution in [3.8, 4) is 0 Å². The molecule has 4 nitrogen and oxygen atoms in total. The summed E-state index contributed by atoms with van der Waals surface area (Å²) in [5, 5.41) is 0. The predicted molar refractivity (Wildman–Crippen MR) is 69.0 cm³/mol. The van der Waals surface area contributed by atoms with Gasteiger partial charge in [0.05, 0.1) is 0 Å². The number of aromatic nitrogens is 3. The van der Waals surface area contributed by atoms with Crippen LogP contribution < -0.4 is 5.43 Å². The Kier molecular flexibility index (Phi) is 3.42. The Hall–Kier alpha value is -1.84. The van der Waals surface area contributed by atoms with Gasteiger partial charge in [-0.25, -0.2) is 9.97 Å². The average Bonchev–Trinajstić information content (AvgIpc) is 2.62. The first-order valence-corrected chi connectivity index (χ1v) is 5.93. The molecule has 4 heteroatoms. The molecular weight excluding hydrogens is 212 g/mol. The lowest BCUT2D eigenvalue weighted by Gasteiger charge is -2.12. The molecule has 0 unspecified atom stereocenters. The maximum atomic E-state index is 4.24. The van der Waals surface area contributed by atoms with Gasteiger partial charge in [-0.05, 0) is 32.4 Å². The van der Waals surface area contributed by atoms with Crippen molar-refractivity contribution in [3.05, 3.63) is 41.6 Å². The van der Waals surface area contributed by atoms with Crippen LogP contribution in [0, 0.1) is 13.8 Å². The van der Waals surface area contributed by atoms with Crippen molar-refractivity contribution in [1.29, 1.82) is 0 Å². The second-order valence-corrected chi connectivity index (χ2v) is 4.21. The summed E-state index contributed by atoms with van der Waals surface area (Å²) in [6, 6.07) is 6.16. The highest BCUT2D eigenvalue weighted by Gasteiger charge is 2.02. The van der Waals surface area contributed by atoms with E-state index in [0.29, 0.717) is 0 Å². The molecule has 2 heterocycles. The van der Waals surface area contributed by atoms with Gasteiger partial charge in [0.15, 0.2) is 0 Å². The Labute approximate surface area is 102 Å². The largest absolute Gasteiger partial charge is 0.278 e. The molecule has 0 spiro atoms. The van der Waals surface area contributed by atoms with Crippen LogP contribution in [0.2, 0.25) is 0 Å². The lowest BCUT2D eigenvalue weighted by molar-refractivity contribution is 0.846. The molecule has 2 aromatic heterocycles. The van der Waals surface area contributed by atoms with Crippen molar-refractivity contribution in [3.63, 3.8) is 0 Å². The molecular formula is C13H18N4. The van der Waals surface area contributed by atoms with Crippen LogP contribution in [0.1, 0.15) is 30.4 Å². The molecule has 0 radical (unpaired) electrons. The summed E-state index contributed by atoms with van der Waals surface area (Å²) in [5.41, 5.74) is 6.69. The van der Waals surface area contributed by atoms with Gasteiger partial charge in [0.25, 0.3) is 0 Å². The number of nitrogens with zero attached hydrogens (tertiary/aromatic N) is 3. The Morgan fingerprint density at radius 1 is 1.18 bits per heavy atom. The maximum absolute atomic E-state index is 4.24. The SMILES string of the molecule is CCCc1cc(Nn2c(C)ccc2C)ncn1. The van der Waals surface area contributed by atoms with E-state index in [1.54, 1.807) is 6.33 Å². The van der Waals surface area contributed by atoms with Crippen LogP contribution in [-0.4, -0.2) is 14.6 Å². The first-order valence-electron chi connectivity index (χ1n) is 5.93. The molecule has 2 aromatic rings. The summed E-state index contributed by atoms with van der Waals surface area (Å²) in [5.74, 6) is 0.839. The zero-order chi connectivity index (χ0) is 12.3. The summed E-state index contributed by atoms with van der Waals surface area (Å²) < 4.78 is 2.03. The van der Waals surface area contributed by atoms with Crippen LogP contribution in [0.3, 0.4) is 0 Å². The number of hydrogen-bond donors (Lipinski definition) is 1. The molecule has 0 aliphatic rings. The van der Waals surface area contributed by atoms with Crippen LogP contribution in [0.5, 0.6) is 0 Å². The number of nitrogens with one attached hydrogen (secondary N) is 1. The molecule has 0 aliphatic carbocycles. The Balaban J connectivity index is 2.21. The predicted octanol–water partition coefficient (Wildman–Crippen LogP) is 2.72. The molecule has 2 rings (SSSR count). The van der Waals surface area contributed by atoms with Gasteiger partial charge in [-0.15, -0.1) is 0 Å². The van der Waals surface area contributed by atoms with Crippen LogP contribution in [0.4, 0.5) is 5.82 Å². The molecule has 17 heavy (non-hydrogen) atoms.